The van der Waals surface area contributed by atoms with Crippen molar-refractivity contribution < 1.29 is 19.1 Å². The Morgan fingerprint density at radius 2 is 2.03 bits per heavy atom. The van der Waals surface area contributed by atoms with Crippen LogP contribution in [0.5, 0.6) is 5.75 Å². The number of carbonyl (C=O) groups excluding carboxylic acids is 3. The summed E-state index contributed by atoms with van der Waals surface area (Å²) in [7, 11) is 3.95. The van der Waals surface area contributed by atoms with Gasteiger partial charge in [0.15, 0.2) is 0 Å². The van der Waals surface area contributed by atoms with Crippen LogP contribution in [0, 0.1) is 0 Å². The molecule has 3 amide bonds. The number of ether oxygens (including phenoxy) is 1. The lowest BCUT2D eigenvalue weighted by Gasteiger charge is -2.10. The van der Waals surface area contributed by atoms with E-state index in [-0.39, 0.29) is 22.3 Å². The average Bonchev–Trinajstić information content (AvgIpc) is 3.33. The molecule has 2 aliphatic heterocycles. The molecule has 0 saturated carbocycles. The minimum Gasteiger partial charge on any atom is -0.492 e. The molecule has 2 fully saturated rings. The molecule has 9 heteroatoms. The number of amides is 3. The van der Waals surface area contributed by atoms with E-state index in [1.807, 2.05) is 45.9 Å². The molecule has 2 saturated heterocycles. The van der Waals surface area contributed by atoms with Crippen molar-refractivity contribution in [3.05, 3.63) is 29.8 Å². The number of benzene rings is 1. The van der Waals surface area contributed by atoms with Crippen molar-refractivity contribution in [2.24, 2.45) is 0 Å². The van der Waals surface area contributed by atoms with Crippen molar-refractivity contribution >= 4 is 50.4 Å². The summed E-state index contributed by atoms with van der Waals surface area (Å²) in [4.78, 5) is 34.7. The quantitative estimate of drug-likeness (QED) is 0.389. The Hall–Kier alpha value is -1.32. The van der Waals surface area contributed by atoms with Gasteiger partial charge in [0, 0.05) is 17.4 Å². The van der Waals surface area contributed by atoms with Gasteiger partial charge in [0.1, 0.15) is 12.4 Å². The van der Waals surface area contributed by atoms with Gasteiger partial charge in [-0.05, 0) is 43.4 Å². The lowest BCUT2D eigenvalue weighted by molar-refractivity contribution is -0.121. The monoisotopic (exact) mass is 454 g/mol. The van der Waals surface area contributed by atoms with Crippen LogP contribution >= 0.6 is 33.3 Å². The zero-order valence-corrected chi connectivity index (χ0v) is 18.6. The third kappa shape index (κ3) is 7.79. The molecule has 1 aromatic rings. The maximum atomic E-state index is 11.9. The highest BCUT2D eigenvalue weighted by atomic mass is 33.1. The van der Waals surface area contributed by atoms with E-state index in [1.54, 1.807) is 0 Å². The van der Waals surface area contributed by atoms with Gasteiger partial charge in [-0.15, -0.1) is 0 Å². The Bertz CT molecular complexity index is 708. The van der Waals surface area contributed by atoms with E-state index in [0.29, 0.717) is 26.0 Å². The molecule has 3 rings (SSSR count). The average molecular weight is 455 g/mol. The fourth-order valence-electron chi connectivity index (χ4n) is 3.13. The van der Waals surface area contributed by atoms with Crippen LogP contribution in [0.2, 0.25) is 0 Å². The molecular weight excluding hydrogens is 428 g/mol. The molecule has 2 heterocycles. The van der Waals surface area contributed by atoms with Crippen molar-refractivity contribution in [3.63, 3.8) is 0 Å². The van der Waals surface area contributed by atoms with Gasteiger partial charge >= 0.3 is 0 Å². The molecule has 2 atom stereocenters. The molecule has 2 aliphatic rings. The van der Waals surface area contributed by atoms with E-state index in [1.165, 1.54) is 18.6 Å². The zero-order valence-electron chi connectivity index (χ0n) is 16.2. The zero-order chi connectivity index (χ0) is 20.5. The van der Waals surface area contributed by atoms with E-state index in [4.69, 9.17) is 4.74 Å². The normalized spacial score (nSPS) is 21.2. The smallest absolute Gasteiger partial charge is 0.286 e. The molecule has 0 aromatic heterocycles. The number of unbranched alkanes of at least 4 members (excludes halogenated alkanes) is 1. The lowest BCUT2D eigenvalue weighted by atomic mass is 10.1. The Kier molecular flexibility index (Phi) is 9.07. The first-order chi connectivity index (χ1) is 14.1. The molecule has 158 valence electrons. The first kappa shape index (κ1) is 22.4. The molecule has 0 spiro atoms. The molecule has 0 bridgehead atoms. The Labute approximate surface area is 183 Å². The van der Waals surface area contributed by atoms with Crippen LogP contribution in [0.3, 0.4) is 0 Å². The second kappa shape index (κ2) is 11.8. The van der Waals surface area contributed by atoms with Gasteiger partial charge in [-0.3, -0.25) is 19.7 Å². The largest absolute Gasteiger partial charge is 0.492 e. The van der Waals surface area contributed by atoms with Crippen LogP contribution in [0.1, 0.15) is 37.7 Å². The summed E-state index contributed by atoms with van der Waals surface area (Å²) in [6, 6.07) is 7.48. The van der Waals surface area contributed by atoms with Crippen LogP contribution in [-0.2, 0) is 16.0 Å². The minimum absolute atomic E-state index is 0.0827. The predicted molar refractivity (Wildman–Crippen MR) is 120 cm³/mol. The highest BCUT2D eigenvalue weighted by Gasteiger charge is 2.31. The van der Waals surface area contributed by atoms with Gasteiger partial charge in [0.25, 0.3) is 5.24 Å². The number of rotatable bonds is 11. The number of nitrogens with one attached hydrogen (secondary N) is 2. The van der Waals surface area contributed by atoms with Crippen LogP contribution < -0.4 is 15.4 Å². The standard InChI is InChI=1S/C20H26N2O4S3/c23-18(4-2-1-3-16-9-12-27-29-16)21-10-11-26-15-7-5-14(6-8-15)13-17-19(24)22-20(25)28-17/h5-8,16-17H,1-4,9-13H2,(H,21,23)(H,22,24,25)/t16-,17+/m0/s1. The van der Waals surface area contributed by atoms with Crippen LogP contribution in [0.4, 0.5) is 4.79 Å². The molecule has 6 nitrogen and oxygen atoms in total. The maximum absolute atomic E-state index is 11.9. The van der Waals surface area contributed by atoms with Gasteiger partial charge in [-0.2, -0.15) is 0 Å². The van der Waals surface area contributed by atoms with E-state index in [2.05, 4.69) is 10.6 Å². The third-order valence-electron chi connectivity index (χ3n) is 4.71. The van der Waals surface area contributed by atoms with Crippen molar-refractivity contribution in [2.75, 3.05) is 18.9 Å². The van der Waals surface area contributed by atoms with Crippen LogP contribution in [0.25, 0.3) is 0 Å². The van der Waals surface area contributed by atoms with E-state index in [0.717, 1.165) is 41.2 Å². The molecule has 0 radical (unpaired) electrons. The summed E-state index contributed by atoms with van der Waals surface area (Å²) >= 11 is 1.03. The molecule has 29 heavy (non-hydrogen) atoms. The fraction of sp³-hybridized carbons (Fsp3) is 0.550. The first-order valence-corrected chi connectivity index (χ1v) is 13.1. The van der Waals surface area contributed by atoms with E-state index < -0.39 is 0 Å². The summed E-state index contributed by atoms with van der Waals surface area (Å²) in [5.41, 5.74) is 0.975. The van der Waals surface area contributed by atoms with Gasteiger partial charge in [-0.25, -0.2) is 0 Å². The number of thioether (sulfide) groups is 1. The van der Waals surface area contributed by atoms with Crippen molar-refractivity contribution in [1.29, 1.82) is 0 Å². The summed E-state index contributed by atoms with van der Waals surface area (Å²) in [6.45, 7) is 0.896. The van der Waals surface area contributed by atoms with Gasteiger partial charge in [0.2, 0.25) is 11.8 Å². The lowest BCUT2D eigenvalue weighted by Crippen LogP contribution is -2.27. The topological polar surface area (TPSA) is 84.5 Å². The summed E-state index contributed by atoms with van der Waals surface area (Å²) < 4.78 is 5.65. The maximum Gasteiger partial charge on any atom is 0.286 e. The van der Waals surface area contributed by atoms with Crippen molar-refractivity contribution in [2.45, 2.75) is 49.0 Å². The Balaban J connectivity index is 1.25. The third-order valence-corrected chi connectivity index (χ3v) is 8.70. The highest BCUT2D eigenvalue weighted by molar-refractivity contribution is 8.77. The molecule has 1 aromatic carbocycles. The summed E-state index contributed by atoms with van der Waals surface area (Å²) in [5.74, 6) is 1.83. The fourth-order valence-corrected chi connectivity index (χ4v) is 7.02. The minimum atomic E-state index is -0.361. The highest BCUT2D eigenvalue weighted by Crippen LogP contribution is 2.39. The van der Waals surface area contributed by atoms with Crippen molar-refractivity contribution in [1.82, 2.24) is 10.6 Å². The number of carbonyl (C=O) groups is 3. The summed E-state index contributed by atoms with van der Waals surface area (Å²) in [6.07, 6.45) is 5.66. The number of imide groups is 1. The van der Waals surface area contributed by atoms with Crippen LogP contribution in [0.15, 0.2) is 24.3 Å². The number of hydrogen-bond donors (Lipinski definition) is 2. The number of hydrogen-bond acceptors (Lipinski definition) is 7. The van der Waals surface area contributed by atoms with Crippen LogP contribution in [-0.4, -0.2) is 46.5 Å². The second-order valence-electron chi connectivity index (χ2n) is 7.00. The SMILES string of the molecule is O=C(CCCC[C@H]1CCSS1)NCCOc1ccc(C[C@H]2SC(=O)NC2=O)cc1. The Morgan fingerprint density at radius 3 is 2.72 bits per heavy atom. The van der Waals surface area contributed by atoms with Crippen molar-refractivity contribution in [3.8, 4) is 5.75 Å². The molecule has 0 aliphatic carbocycles. The van der Waals surface area contributed by atoms with E-state index in [9.17, 15) is 14.4 Å². The first-order valence-electron chi connectivity index (χ1n) is 9.88. The molecule has 2 N–H and O–H groups in total. The van der Waals surface area contributed by atoms with E-state index >= 15 is 0 Å². The molecular formula is C20H26N2O4S3. The second-order valence-corrected chi connectivity index (χ2v) is 11.0. The van der Waals surface area contributed by atoms with Gasteiger partial charge in [-0.1, -0.05) is 51.9 Å². The Morgan fingerprint density at radius 1 is 1.21 bits per heavy atom. The molecule has 0 unspecified atom stereocenters. The van der Waals surface area contributed by atoms with Gasteiger partial charge in [0.05, 0.1) is 11.8 Å². The van der Waals surface area contributed by atoms with Gasteiger partial charge < -0.3 is 10.1 Å². The predicted octanol–water partition coefficient (Wildman–Crippen LogP) is 3.79. The summed E-state index contributed by atoms with van der Waals surface area (Å²) in [5, 5.41) is 5.33.